The molecule has 1 unspecified atom stereocenters. The van der Waals surface area contributed by atoms with E-state index in [1.807, 2.05) is 4.57 Å². The second kappa shape index (κ2) is 7.03. The normalized spacial score (nSPS) is 18.2. The summed E-state index contributed by atoms with van der Waals surface area (Å²) in [5.74, 6) is 0.763. The van der Waals surface area contributed by atoms with Crippen LogP contribution >= 0.6 is 0 Å². The molecular weight excluding hydrogens is 320 g/mol. The maximum Gasteiger partial charge on any atom is 0.332 e. The van der Waals surface area contributed by atoms with Crippen molar-refractivity contribution in [1.82, 2.24) is 18.7 Å². The van der Waals surface area contributed by atoms with E-state index in [0.717, 1.165) is 62.3 Å². The molecular formula is C17H28N6O2. The number of aromatic nitrogens is 4. The number of nitrogens with two attached hydrogens (primary N) is 1. The van der Waals surface area contributed by atoms with Gasteiger partial charge in [-0.1, -0.05) is 19.8 Å². The lowest BCUT2D eigenvalue weighted by atomic mass is 10.1. The third-order valence-corrected chi connectivity index (χ3v) is 5.05. The first-order chi connectivity index (χ1) is 12.0. The van der Waals surface area contributed by atoms with Gasteiger partial charge in [-0.15, -0.1) is 0 Å². The molecule has 138 valence electrons. The van der Waals surface area contributed by atoms with Gasteiger partial charge in [0, 0.05) is 39.8 Å². The fraction of sp³-hybridized carbons (Fsp3) is 0.706. The molecule has 0 amide bonds. The molecule has 25 heavy (non-hydrogen) atoms. The van der Waals surface area contributed by atoms with Crippen LogP contribution in [0.2, 0.25) is 0 Å². The third-order valence-electron chi connectivity index (χ3n) is 5.05. The van der Waals surface area contributed by atoms with E-state index in [0.29, 0.717) is 11.2 Å². The zero-order valence-corrected chi connectivity index (χ0v) is 15.4. The van der Waals surface area contributed by atoms with Crippen molar-refractivity contribution in [3.8, 4) is 0 Å². The topological polar surface area (TPSA) is 91.1 Å². The molecule has 1 aliphatic heterocycles. The Morgan fingerprint density at radius 1 is 1.20 bits per heavy atom. The molecule has 8 heteroatoms. The van der Waals surface area contributed by atoms with Crippen molar-refractivity contribution in [2.45, 2.75) is 51.6 Å². The summed E-state index contributed by atoms with van der Waals surface area (Å²) in [5, 5.41) is 0. The zero-order chi connectivity index (χ0) is 18.1. The Kier molecular flexibility index (Phi) is 4.99. The first kappa shape index (κ1) is 17.7. The molecule has 3 rings (SSSR count). The maximum absolute atomic E-state index is 12.8. The Balaban J connectivity index is 2.19. The van der Waals surface area contributed by atoms with Gasteiger partial charge in [0.1, 0.15) is 0 Å². The number of piperidine rings is 1. The van der Waals surface area contributed by atoms with Crippen LogP contribution < -0.4 is 21.9 Å². The molecule has 0 aromatic carbocycles. The molecule has 2 aromatic heterocycles. The van der Waals surface area contributed by atoms with E-state index >= 15 is 0 Å². The SMILES string of the molecule is CCCCCn1c(N2CCCC(N)C2)nc2c1c(=O)n(C)c(=O)n2C. The van der Waals surface area contributed by atoms with Crippen molar-refractivity contribution < 1.29 is 0 Å². The third kappa shape index (κ3) is 3.10. The summed E-state index contributed by atoms with van der Waals surface area (Å²) in [6.07, 6.45) is 5.18. The summed E-state index contributed by atoms with van der Waals surface area (Å²) < 4.78 is 4.61. The lowest BCUT2D eigenvalue weighted by molar-refractivity contribution is 0.490. The fourth-order valence-corrected chi connectivity index (χ4v) is 3.60. The first-order valence-corrected chi connectivity index (χ1v) is 9.12. The summed E-state index contributed by atoms with van der Waals surface area (Å²) >= 11 is 0. The Morgan fingerprint density at radius 2 is 1.96 bits per heavy atom. The monoisotopic (exact) mass is 348 g/mol. The highest BCUT2D eigenvalue weighted by atomic mass is 16.2. The molecule has 3 heterocycles. The number of aryl methyl sites for hydroxylation is 2. The highest BCUT2D eigenvalue weighted by molar-refractivity contribution is 5.74. The van der Waals surface area contributed by atoms with E-state index in [4.69, 9.17) is 10.7 Å². The number of fused-ring (bicyclic) bond motifs is 1. The maximum atomic E-state index is 12.8. The van der Waals surface area contributed by atoms with Crippen molar-refractivity contribution in [2.24, 2.45) is 19.8 Å². The first-order valence-electron chi connectivity index (χ1n) is 9.12. The van der Waals surface area contributed by atoms with Gasteiger partial charge in [0.05, 0.1) is 0 Å². The average Bonchev–Trinajstić information content (AvgIpc) is 2.98. The molecule has 1 atom stereocenters. The van der Waals surface area contributed by atoms with Crippen molar-refractivity contribution in [3.05, 3.63) is 20.8 Å². The van der Waals surface area contributed by atoms with Crippen LogP contribution in [0.25, 0.3) is 11.2 Å². The predicted octanol–water partition coefficient (Wildman–Crippen LogP) is 0.551. The Morgan fingerprint density at radius 3 is 2.64 bits per heavy atom. The molecule has 0 saturated carbocycles. The quantitative estimate of drug-likeness (QED) is 0.797. The van der Waals surface area contributed by atoms with Crippen molar-refractivity contribution >= 4 is 17.1 Å². The van der Waals surface area contributed by atoms with Crippen LogP contribution in [0.3, 0.4) is 0 Å². The van der Waals surface area contributed by atoms with Crippen molar-refractivity contribution in [3.63, 3.8) is 0 Å². The van der Waals surface area contributed by atoms with Crippen molar-refractivity contribution in [1.29, 1.82) is 0 Å². The summed E-state index contributed by atoms with van der Waals surface area (Å²) in [6, 6.07) is 0.115. The fourth-order valence-electron chi connectivity index (χ4n) is 3.60. The van der Waals surface area contributed by atoms with E-state index in [1.54, 1.807) is 7.05 Å². The summed E-state index contributed by atoms with van der Waals surface area (Å²) in [7, 11) is 3.18. The van der Waals surface area contributed by atoms with Crippen LogP contribution in [0.1, 0.15) is 39.0 Å². The minimum atomic E-state index is -0.349. The molecule has 2 aromatic rings. The van der Waals surface area contributed by atoms with Gasteiger partial charge in [-0.25, -0.2) is 4.79 Å². The van der Waals surface area contributed by atoms with Gasteiger partial charge in [-0.05, 0) is 19.3 Å². The Bertz CT molecular complexity index is 878. The second-order valence-electron chi connectivity index (χ2n) is 7.00. The van der Waals surface area contributed by atoms with Gasteiger partial charge in [0.2, 0.25) is 5.95 Å². The molecule has 0 aliphatic carbocycles. The molecule has 0 radical (unpaired) electrons. The number of hydrogen-bond acceptors (Lipinski definition) is 5. The molecule has 2 N–H and O–H groups in total. The molecule has 8 nitrogen and oxygen atoms in total. The van der Waals surface area contributed by atoms with Gasteiger partial charge >= 0.3 is 5.69 Å². The Hall–Kier alpha value is -2.09. The number of rotatable bonds is 5. The van der Waals surface area contributed by atoms with Gasteiger partial charge in [0.25, 0.3) is 5.56 Å². The van der Waals surface area contributed by atoms with E-state index in [9.17, 15) is 9.59 Å². The lowest BCUT2D eigenvalue weighted by Gasteiger charge is -2.31. The number of anilines is 1. The molecule has 1 fully saturated rings. The number of nitrogens with zero attached hydrogens (tertiary/aromatic N) is 5. The highest BCUT2D eigenvalue weighted by Crippen LogP contribution is 2.23. The molecule has 1 aliphatic rings. The molecule has 1 saturated heterocycles. The summed E-state index contributed by atoms with van der Waals surface area (Å²) in [5.41, 5.74) is 6.47. The highest BCUT2D eigenvalue weighted by Gasteiger charge is 2.25. The van der Waals surface area contributed by atoms with E-state index in [-0.39, 0.29) is 17.3 Å². The second-order valence-corrected chi connectivity index (χ2v) is 7.00. The number of hydrogen-bond donors (Lipinski definition) is 1. The average molecular weight is 348 g/mol. The van der Waals surface area contributed by atoms with Crippen LogP contribution in [0.4, 0.5) is 5.95 Å². The van der Waals surface area contributed by atoms with Crippen molar-refractivity contribution in [2.75, 3.05) is 18.0 Å². The van der Waals surface area contributed by atoms with E-state index in [1.165, 1.54) is 11.6 Å². The zero-order valence-electron chi connectivity index (χ0n) is 15.4. The van der Waals surface area contributed by atoms with Crippen LogP contribution in [0.15, 0.2) is 9.59 Å². The predicted molar refractivity (Wildman–Crippen MR) is 99.2 cm³/mol. The smallest absolute Gasteiger partial charge is 0.332 e. The van der Waals surface area contributed by atoms with Crippen LogP contribution in [0.5, 0.6) is 0 Å². The number of unbranched alkanes of at least 4 members (excludes halogenated alkanes) is 2. The molecule has 0 bridgehead atoms. The van der Waals surface area contributed by atoms with Crippen LogP contribution in [-0.2, 0) is 20.6 Å². The minimum absolute atomic E-state index is 0.115. The Labute approximate surface area is 146 Å². The van der Waals surface area contributed by atoms with Gasteiger partial charge < -0.3 is 15.2 Å². The standard InChI is InChI=1S/C17H28N6O2/c1-4-5-6-10-23-13-14(20(2)17(25)21(3)15(13)24)19-16(23)22-9-7-8-12(18)11-22/h12H,4-11,18H2,1-3H3. The van der Waals surface area contributed by atoms with Crippen LogP contribution in [0, 0.1) is 0 Å². The largest absolute Gasteiger partial charge is 0.341 e. The summed E-state index contributed by atoms with van der Waals surface area (Å²) in [6.45, 7) is 4.47. The van der Waals surface area contributed by atoms with E-state index in [2.05, 4.69) is 11.8 Å². The van der Waals surface area contributed by atoms with Crippen LogP contribution in [-0.4, -0.2) is 37.8 Å². The molecule has 0 spiro atoms. The van der Waals surface area contributed by atoms with Gasteiger partial charge in [0.15, 0.2) is 11.2 Å². The summed E-state index contributed by atoms with van der Waals surface area (Å²) in [4.78, 5) is 31.9. The minimum Gasteiger partial charge on any atom is -0.341 e. The number of imidazole rings is 1. The van der Waals surface area contributed by atoms with E-state index < -0.39 is 0 Å². The van der Waals surface area contributed by atoms with Gasteiger partial charge in [-0.3, -0.25) is 13.9 Å². The lowest BCUT2D eigenvalue weighted by Crippen LogP contribution is -2.44. The van der Waals surface area contributed by atoms with Gasteiger partial charge in [-0.2, -0.15) is 4.98 Å².